The van der Waals surface area contributed by atoms with Gasteiger partial charge in [0.1, 0.15) is 19.3 Å². The highest BCUT2D eigenvalue weighted by Gasteiger charge is 2.29. The number of benzene rings is 3. The molecule has 0 saturated carbocycles. The highest BCUT2D eigenvalue weighted by Crippen LogP contribution is 2.31. The quantitative estimate of drug-likeness (QED) is 0.577. The van der Waals surface area contributed by atoms with Gasteiger partial charge in [-0.3, -0.25) is 9.10 Å². The molecular weight excluding hydrogens is 440 g/mol. The molecular formula is C25H26N2O5S. The number of rotatable bonds is 7. The lowest BCUT2D eigenvalue weighted by molar-refractivity contribution is -0.120. The van der Waals surface area contributed by atoms with Crippen LogP contribution in [0.3, 0.4) is 0 Å². The van der Waals surface area contributed by atoms with Gasteiger partial charge in [0.25, 0.3) is 10.0 Å². The number of para-hydroxylation sites is 3. The van der Waals surface area contributed by atoms with E-state index in [1.807, 2.05) is 44.2 Å². The summed E-state index contributed by atoms with van der Waals surface area (Å²) in [6.07, 6.45) is -0.371. The summed E-state index contributed by atoms with van der Waals surface area (Å²) in [5.74, 6) is 0.845. The molecule has 1 heterocycles. The topological polar surface area (TPSA) is 84.9 Å². The number of ether oxygens (including phenoxy) is 2. The van der Waals surface area contributed by atoms with Crippen molar-refractivity contribution in [1.29, 1.82) is 0 Å². The minimum atomic E-state index is -3.96. The number of hydrogen-bond donors (Lipinski definition) is 1. The van der Waals surface area contributed by atoms with Crippen molar-refractivity contribution in [3.8, 4) is 11.5 Å². The zero-order chi connectivity index (χ0) is 23.4. The average molecular weight is 467 g/mol. The fourth-order valence-electron chi connectivity index (χ4n) is 3.56. The molecule has 7 nitrogen and oxygen atoms in total. The van der Waals surface area contributed by atoms with Crippen LogP contribution >= 0.6 is 0 Å². The first-order valence-corrected chi connectivity index (χ1v) is 12.1. The van der Waals surface area contributed by atoms with E-state index in [9.17, 15) is 13.2 Å². The fraction of sp³-hybridized carbons (Fsp3) is 0.240. The minimum absolute atomic E-state index is 0.129. The monoisotopic (exact) mass is 466 g/mol. The molecule has 0 fully saturated rings. The first kappa shape index (κ1) is 22.7. The Balaban J connectivity index is 1.50. The van der Waals surface area contributed by atoms with E-state index < -0.39 is 15.9 Å². The molecule has 1 aliphatic heterocycles. The molecule has 0 bridgehead atoms. The van der Waals surface area contributed by atoms with Crippen LogP contribution in [0.25, 0.3) is 0 Å². The highest BCUT2D eigenvalue weighted by atomic mass is 32.2. The minimum Gasteiger partial charge on any atom is -0.486 e. The molecule has 1 atom stereocenters. The maximum atomic E-state index is 13.5. The van der Waals surface area contributed by atoms with Crippen LogP contribution in [0.15, 0.2) is 77.7 Å². The number of hydrogen-bond acceptors (Lipinski definition) is 5. The number of carbonyl (C=O) groups excluding carboxylic acids is 1. The molecule has 172 valence electrons. The molecule has 1 amide bonds. The van der Waals surface area contributed by atoms with E-state index in [0.29, 0.717) is 23.8 Å². The number of carbonyl (C=O) groups is 1. The molecule has 3 aromatic carbocycles. The van der Waals surface area contributed by atoms with E-state index in [4.69, 9.17) is 9.47 Å². The highest BCUT2D eigenvalue weighted by molar-refractivity contribution is 7.92. The van der Waals surface area contributed by atoms with E-state index >= 15 is 0 Å². The summed E-state index contributed by atoms with van der Waals surface area (Å²) in [4.78, 5) is 13.0. The number of sulfonamides is 1. The van der Waals surface area contributed by atoms with Crippen LogP contribution in [0, 0.1) is 13.8 Å². The normalized spacial score (nSPS) is 15.0. The van der Waals surface area contributed by atoms with Crippen molar-refractivity contribution in [2.45, 2.75) is 24.8 Å². The predicted molar refractivity (Wildman–Crippen MR) is 126 cm³/mol. The number of nitrogens with zero attached hydrogens (tertiary/aromatic N) is 1. The second-order valence-corrected chi connectivity index (χ2v) is 9.78. The molecule has 0 aliphatic carbocycles. The third-order valence-electron chi connectivity index (χ3n) is 5.37. The molecule has 8 heteroatoms. The van der Waals surface area contributed by atoms with Gasteiger partial charge in [0.15, 0.2) is 11.5 Å². The molecule has 4 rings (SSSR count). The van der Waals surface area contributed by atoms with E-state index in [1.54, 1.807) is 42.5 Å². The zero-order valence-corrected chi connectivity index (χ0v) is 19.3. The molecule has 0 unspecified atom stereocenters. The Labute approximate surface area is 194 Å². The van der Waals surface area contributed by atoms with E-state index in [0.717, 1.165) is 15.4 Å². The lowest BCUT2D eigenvalue weighted by Gasteiger charge is -2.28. The van der Waals surface area contributed by atoms with Gasteiger partial charge in [0.2, 0.25) is 5.91 Å². The van der Waals surface area contributed by atoms with E-state index in [-0.39, 0.29) is 24.1 Å². The first-order chi connectivity index (χ1) is 15.8. The van der Waals surface area contributed by atoms with Crippen molar-refractivity contribution in [2.75, 3.05) is 24.0 Å². The molecule has 1 N–H and O–H groups in total. The van der Waals surface area contributed by atoms with Crippen LogP contribution in [0.5, 0.6) is 11.5 Å². The van der Waals surface area contributed by atoms with Crippen LogP contribution in [-0.2, 0) is 14.8 Å². The number of amides is 1. The number of nitrogens with one attached hydrogen (secondary N) is 1. The maximum absolute atomic E-state index is 13.5. The Hall–Kier alpha value is -3.52. The zero-order valence-electron chi connectivity index (χ0n) is 18.5. The van der Waals surface area contributed by atoms with Crippen molar-refractivity contribution < 1.29 is 22.7 Å². The molecule has 0 aromatic heterocycles. The van der Waals surface area contributed by atoms with E-state index in [1.165, 1.54) is 0 Å². The molecule has 0 radical (unpaired) electrons. The van der Waals surface area contributed by atoms with Crippen molar-refractivity contribution in [1.82, 2.24) is 5.32 Å². The molecule has 1 aliphatic rings. The molecule has 0 saturated heterocycles. The fourth-order valence-corrected chi connectivity index (χ4v) is 5.04. The largest absolute Gasteiger partial charge is 0.486 e. The molecule has 3 aromatic rings. The Morgan fingerprint density at radius 1 is 0.970 bits per heavy atom. The summed E-state index contributed by atoms with van der Waals surface area (Å²) in [6.45, 7) is 3.83. The Morgan fingerprint density at radius 2 is 1.64 bits per heavy atom. The van der Waals surface area contributed by atoms with Gasteiger partial charge in [0, 0.05) is 0 Å². The summed E-state index contributed by atoms with van der Waals surface area (Å²) in [6, 6.07) is 21.0. The second kappa shape index (κ2) is 9.54. The molecule has 33 heavy (non-hydrogen) atoms. The standard InChI is InChI=1S/C25H26N2O5S/c1-18-11-13-21(14-12-18)33(29,30)27(22-8-4-3-7-19(22)2)16-25(28)26-15-20-17-31-23-9-5-6-10-24(23)32-20/h3-14,20H,15-17H2,1-2H3,(H,26,28)/t20-/m0/s1. The van der Waals surface area contributed by atoms with Gasteiger partial charge < -0.3 is 14.8 Å². The number of fused-ring (bicyclic) bond motifs is 1. The number of aryl methyl sites for hydroxylation is 2. The summed E-state index contributed by atoms with van der Waals surface area (Å²) in [5, 5.41) is 2.79. The van der Waals surface area contributed by atoms with Crippen LogP contribution in [-0.4, -0.2) is 40.1 Å². The van der Waals surface area contributed by atoms with Gasteiger partial charge in [-0.2, -0.15) is 0 Å². The maximum Gasteiger partial charge on any atom is 0.264 e. The van der Waals surface area contributed by atoms with Crippen LogP contribution < -0.4 is 19.1 Å². The van der Waals surface area contributed by atoms with Crippen LogP contribution in [0.1, 0.15) is 11.1 Å². The third-order valence-corrected chi connectivity index (χ3v) is 7.15. The number of anilines is 1. The Kier molecular flexibility index (Phi) is 6.55. The summed E-state index contributed by atoms with van der Waals surface area (Å²) >= 11 is 0. The summed E-state index contributed by atoms with van der Waals surface area (Å²) < 4.78 is 39.6. The Morgan fingerprint density at radius 3 is 2.36 bits per heavy atom. The van der Waals surface area contributed by atoms with Gasteiger partial charge in [-0.1, -0.05) is 48.0 Å². The van der Waals surface area contributed by atoms with Gasteiger partial charge in [0.05, 0.1) is 17.1 Å². The van der Waals surface area contributed by atoms with Crippen LogP contribution in [0.4, 0.5) is 5.69 Å². The van der Waals surface area contributed by atoms with Crippen molar-refractivity contribution in [3.63, 3.8) is 0 Å². The van der Waals surface area contributed by atoms with Crippen LogP contribution in [0.2, 0.25) is 0 Å². The van der Waals surface area contributed by atoms with E-state index in [2.05, 4.69) is 5.32 Å². The summed E-state index contributed by atoms with van der Waals surface area (Å²) in [5.41, 5.74) is 2.16. The van der Waals surface area contributed by atoms with Crippen molar-refractivity contribution >= 4 is 21.6 Å². The van der Waals surface area contributed by atoms with Gasteiger partial charge >= 0.3 is 0 Å². The molecule has 0 spiro atoms. The summed E-state index contributed by atoms with van der Waals surface area (Å²) in [7, 11) is -3.96. The second-order valence-electron chi connectivity index (χ2n) is 7.91. The predicted octanol–water partition coefficient (Wildman–Crippen LogP) is 3.45. The lowest BCUT2D eigenvalue weighted by atomic mass is 10.2. The first-order valence-electron chi connectivity index (χ1n) is 10.6. The average Bonchev–Trinajstić information content (AvgIpc) is 2.82. The van der Waals surface area contributed by atoms with Gasteiger partial charge in [-0.25, -0.2) is 8.42 Å². The van der Waals surface area contributed by atoms with Gasteiger partial charge in [-0.05, 0) is 49.7 Å². The smallest absolute Gasteiger partial charge is 0.264 e. The SMILES string of the molecule is Cc1ccc(S(=O)(=O)N(CC(=O)NC[C@H]2COc3ccccc3O2)c2ccccc2C)cc1. The van der Waals surface area contributed by atoms with Crippen molar-refractivity contribution in [2.24, 2.45) is 0 Å². The Bertz CT molecular complexity index is 1240. The lowest BCUT2D eigenvalue weighted by Crippen LogP contribution is -2.45. The van der Waals surface area contributed by atoms with Crippen molar-refractivity contribution in [3.05, 3.63) is 83.9 Å². The van der Waals surface area contributed by atoms with Gasteiger partial charge in [-0.15, -0.1) is 0 Å². The third kappa shape index (κ3) is 5.12.